The molecule has 3 aromatic rings. The lowest BCUT2D eigenvalue weighted by atomic mass is 10.2. The molecule has 126 valence electrons. The minimum absolute atomic E-state index is 0.139. The first kappa shape index (κ1) is 16.9. The van der Waals surface area contributed by atoms with Crippen LogP contribution in [-0.2, 0) is 0 Å². The number of hydrogen-bond acceptors (Lipinski definition) is 5. The second-order valence-corrected chi connectivity index (χ2v) is 5.62. The Bertz CT molecular complexity index is 1010. The summed E-state index contributed by atoms with van der Waals surface area (Å²) in [5.41, 5.74) is 3.00. The molecule has 2 heterocycles. The summed E-state index contributed by atoms with van der Waals surface area (Å²) < 4.78 is 5.35. The van der Waals surface area contributed by atoms with Crippen LogP contribution in [-0.4, -0.2) is 17.2 Å². The molecule has 25 heavy (non-hydrogen) atoms. The van der Waals surface area contributed by atoms with Gasteiger partial charge in [-0.1, -0.05) is 35.3 Å². The third-order valence-electron chi connectivity index (χ3n) is 3.10. The van der Waals surface area contributed by atoms with Gasteiger partial charge in [-0.05, 0) is 24.3 Å². The SMILES string of the molecule is O=C(NN=Cc1coc2ccccc2c1=O)Nc1cc(Cl)nc(Cl)c1. The van der Waals surface area contributed by atoms with Crippen LogP contribution >= 0.6 is 23.2 Å². The fraction of sp³-hybridized carbons (Fsp3) is 0. The van der Waals surface area contributed by atoms with Crippen molar-refractivity contribution in [3.63, 3.8) is 0 Å². The molecule has 2 aromatic heterocycles. The molecule has 3 rings (SSSR count). The van der Waals surface area contributed by atoms with Gasteiger partial charge in [0.1, 0.15) is 22.2 Å². The molecule has 0 saturated carbocycles. The van der Waals surface area contributed by atoms with Gasteiger partial charge in [0, 0.05) is 5.69 Å². The van der Waals surface area contributed by atoms with Crippen LogP contribution in [0.5, 0.6) is 0 Å². The van der Waals surface area contributed by atoms with Crippen LogP contribution in [0.25, 0.3) is 11.0 Å². The maximum Gasteiger partial charge on any atom is 0.339 e. The Morgan fingerprint density at radius 3 is 2.68 bits per heavy atom. The molecule has 0 unspecified atom stereocenters. The third kappa shape index (κ3) is 4.14. The molecule has 0 aliphatic rings. The van der Waals surface area contributed by atoms with Crippen molar-refractivity contribution in [2.24, 2.45) is 5.10 Å². The Morgan fingerprint density at radius 1 is 1.20 bits per heavy atom. The van der Waals surface area contributed by atoms with Gasteiger partial charge in [-0.15, -0.1) is 0 Å². The van der Waals surface area contributed by atoms with Gasteiger partial charge in [0.25, 0.3) is 0 Å². The van der Waals surface area contributed by atoms with Gasteiger partial charge in [-0.2, -0.15) is 5.10 Å². The molecule has 7 nitrogen and oxygen atoms in total. The minimum atomic E-state index is -0.639. The Hall–Kier alpha value is -2.90. The highest BCUT2D eigenvalue weighted by atomic mass is 35.5. The minimum Gasteiger partial charge on any atom is -0.463 e. The number of aromatic nitrogens is 1. The molecular formula is C16H10Cl2N4O3. The van der Waals surface area contributed by atoms with E-state index in [4.69, 9.17) is 27.6 Å². The molecular weight excluding hydrogens is 367 g/mol. The lowest BCUT2D eigenvalue weighted by Gasteiger charge is -2.04. The third-order valence-corrected chi connectivity index (χ3v) is 3.48. The van der Waals surface area contributed by atoms with Gasteiger partial charge < -0.3 is 9.73 Å². The first-order chi connectivity index (χ1) is 12.0. The molecule has 2 amide bonds. The summed E-state index contributed by atoms with van der Waals surface area (Å²) in [7, 11) is 0. The summed E-state index contributed by atoms with van der Waals surface area (Å²) in [6, 6.07) is 9.05. The number of rotatable bonds is 3. The highest BCUT2D eigenvalue weighted by Gasteiger charge is 2.06. The lowest BCUT2D eigenvalue weighted by molar-refractivity contribution is 0.252. The molecule has 0 radical (unpaired) electrons. The zero-order chi connectivity index (χ0) is 17.8. The fourth-order valence-corrected chi connectivity index (χ4v) is 2.50. The second-order valence-electron chi connectivity index (χ2n) is 4.84. The van der Waals surface area contributed by atoms with E-state index < -0.39 is 6.03 Å². The standard InChI is InChI=1S/C16H10Cl2N4O3/c17-13-5-10(6-14(18)21-13)20-16(24)22-19-7-9-8-25-12-4-2-1-3-11(12)15(9)23/h1-8H,(H2,20,21,22,24). The normalized spacial score (nSPS) is 11.0. The summed E-state index contributed by atoms with van der Waals surface area (Å²) >= 11 is 11.5. The topological polar surface area (TPSA) is 96.6 Å². The van der Waals surface area contributed by atoms with Gasteiger partial charge in [0.05, 0.1) is 17.2 Å². The molecule has 2 N–H and O–H groups in total. The predicted molar refractivity (Wildman–Crippen MR) is 96.5 cm³/mol. The number of amides is 2. The molecule has 0 fully saturated rings. The molecule has 1 aromatic carbocycles. The summed E-state index contributed by atoms with van der Waals surface area (Å²) in [6.45, 7) is 0. The molecule has 9 heteroatoms. The first-order valence-corrected chi connectivity index (χ1v) is 7.72. The molecule has 0 aliphatic heterocycles. The number of hydrogen-bond donors (Lipinski definition) is 2. The van der Waals surface area contributed by atoms with Crippen molar-refractivity contribution in [2.75, 3.05) is 5.32 Å². The van der Waals surface area contributed by atoms with Crippen LogP contribution < -0.4 is 16.2 Å². The monoisotopic (exact) mass is 376 g/mol. The lowest BCUT2D eigenvalue weighted by Crippen LogP contribution is -2.24. The van der Waals surface area contributed by atoms with E-state index in [1.165, 1.54) is 24.6 Å². The number of nitrogens with one attached hydrogen (secondary N) is 2. The maximum absolute atomic E-state index is 12.3. The number of halogens is 2. The number of fused-ring (bicyclic) bond motifs is 1. The molecule has 0 atom stereocenters. The van der Waals surface area contributed by atoms with E-state index in [-0.39, 0.29) is 21.3 Å². The quantitative estimate of drug-likeness (QED) is 0.414. The fourth-order valence-electron chi connectivity index (χ4n) is 2.04. The van der Waals surface area contributed by atoms with Crippen LogP contribution in [0.1, 0.15) is 5.56 Å². The van der Waals surface area contributed by atoms with Crippen LogP contribution in [0, 0.1) is 0 Å². The van der Waals surface area contributed by atoms with Crippen molar-refractivity contribution in [1.29, 1.82) is 0 Å². The average molecular weight is 377 g/mol. The Kier molecular flexibility index (Phi) is 4.97. The molecule has 0 saturated heterocycles. The number of hydrazone groups is 1. The predicted octanol–water partition coefficient (Wildman–Crippen LogP) is 3.65. The van der Waals surface area contributed by atoms with Crippen LogP contribution in [0.3, 0.4) is 0 Å². The van der Waals surface area contributed by atoms with Gasteiger partial charge >= 0.3 is 6.03 Å². The number of carbonyl (C=O) groups excluding carboxylic acids is 1. The van der Waals surface area contributed by atoms with Gasteiger partial charge in [-0.25, -0.2) is 15.2 Å². The van der Waals surface area contributed by atoms with Crippen molar-refractivity contribution < 1.29 is 9.21 Å². The van der Waals surface area contributed by atoms with E-state index in [0.29, 0.717) is 16.7 Å². The highest BCUT2D eigenvalue weighted by molar-refractivity contribution is 6.32. The van der Waals surface area contributed by atoms with Crippen molar-refractivity contribution in [3.8, 4) is 0 Å². The van der Waals surface area contributed by atoms with E-state index >= 15 is 0 Å². The number of para-hydroxylation sites is 1. The maximum atomic E-state index is 12.3. The zero-order valence-corrected chi connectivity index (χ0v) is 14.0. The molecule has 0 bridgehead atoms. The van der Waals surface area contributed by atoms with Crippen molar-refractivity contribution in [3.05, 3.63) is 68.8 Å². The first-order valence-electron chi connectivity index (χ1n) is 6.96. The Labute approximate surface area is 151 Å². The molecule has 0 spiro atoms. The number of pyridine rings is 1. The van der Waals surface area contributed by atoms with Gasteiger partial charge in [0.2, 0.25) is 5.43 Å². The van der Waals surface area contributed by atoms with E-state index in [9.17, 15) is 9.59 Å². The number of anilines is 1. The number of benzene rings is 1. The van der Waals surface area contributed by atoms with Gasteiger partial charge in [0.15, 0.2) is 0 Å². The zero-order valence-electron chi connectivity index (χ0n) is 12.5. The van der Waals surface area contributed by atoms with Crippen molar-refractivity contribution in [2.45, 2.75) is 0 Å². The van der Waals surface area contributed by atoms with Crippen LogP contribution in [0.4, 0.5) is 10.5 Å². The van der Waals surface area contributed by atoms with Crippen LogP contribution in [0.15, 0.2) is 57.0 Å². The number of carbonyl (C=O) groups is 1. The summed E-state index contributed by atoms with van der Waals surface area (Å²) in [4.78, 5) is 27.8. The van der Waals surface area contributed by atoms with E-state index in [0.717, 1.165) is 0 Å². The van der Waals surface area contributed by atoms with Crippen LogP contribution in [0.2, 0.25) is 10.3 Å². The molecule has 0 aliphatic carbocycles. The average Bonchev–Trinajstić information content (AvgIpc) is 2.56. The second kappa shape index (κ2) is 7.33. The van der Waals surface area contributed by atoms with E-state index in [1.807, 2.05) is 0 Å². The largest absolute Gasteiger partial charge is 0.463 e. The van der Waals surface area contributed by atoms with Crippen molar-refractivity contribution >= 4 is 52.1 Å². The number of urea groups is 1. The van der Waals surface area contributed by atoms with Gasteiger partial charge in [-0.3, -0.25) is 4.79 Å². The smallest absolute Gasteiger partial charge is 0.339 e. The highest BCUT2D eigenvalue weighted by Crippen LogP contribution is 2.18. The summed E-state index contributed by atoms with van der Waals surface area (Å²) in [5.74, 6) is 0. The Morgan fingerprint density at radius 2 is 1.92 bits per heavy atom. The van der Waals surface area contributed by atoms with E-state index in [1.54, 1.807) is 24.3 Å². The summed E-state index contributed by atoms with van der Waals surface area (Å²) in [5, 5.41) is 6.91. The summed E-state index contributed by atoms with van der Waals surface area (Å²) in [6.07, 6.45) is 2.47. The number of nitrogens with zero attached hydrogens (tertiary/aromatic N) is 2. The Balaban J connectivity index is 1.69. The van der Waals surface area contributed by atoms with E-state index in [2.05, 4.69) is 20.8 Å². The van der Waals surface area contributed by atoms with Crippen molar-refractivity contribution in [1.82, 2.24) is 10.4 Å².